The lowest BCUT2D eigenvalue weighted by atomic mass is 9.94. The first-order valence-corrected chi connectivity index (χ1v) is 7.19. The fourth-order valence-corrected chi connectivity index (χ4v) is 2.49. The van der Waals surface area contributed by atoms with Crippen LogP contribution in [-0.4, -0.2) is 34.3 Å². The largest absolute Gasteiger partial charge is 0.444 e. The van der Waals surface area contributed by atoms with Crippen molar-refractivity contribution in [3.63, 3.8) is 0 Å². The average molecular weight is 295 g/mol. The van der Waals surface area contributed by atoms with Crippen molar-refractivity contribution in [1.82, 2.24) is 4.90 Å². The van der Waals surface area contributed by atoms with Crippen molar-refractivity contribution in [2.45, 2.75) is 51.4 Å². The van der Waals surface area contributed by atoms with Crippen LogP contribution in [0, 0.1) is 5.82 Å². The summed E-state index contributed by atoms with van der Waals surface area (Å²) in [6.45, 7) is 5.88. The van der Waals surface area contributed by atoms with Gasteiger partial charge in [-0.25, -0.2) is 9.18 Å². The maximum atomic E-state index is 13.1. The number of amides is 1. The normalized spacial score (nSPS) is 23.0. The van der Waals surface area contributed by atoms with Crippen LogP contribution in [0.15, 0.2) is 24.3 Å². The highest BCUT2D eigenvalue weighted by molar-refractivity contribution is 5.69. The molecule has 5 heteroatoms. The molecule has 4 nitrogen and oxygen atoms in total. The van der Waals surface area contributed by atoms with E-state index >= 15 is 0 Å². The van der Waals surface area contributed by atoms with Crippen LogP contribution in [0.5, 0.6) is 0 Å². The predicted octanol–water partition coefficient (Wildman–Crippen LogP) is 3.26. The van der Waals surface area contributed by atoms with Gasteiger partial charge in [0.1, 0.15) is 11.4 Å². The van der Waals surface area contributed by atoms with Gasteiger partial charge in [0.05, 0.1) is 12.1 Å². The molecular weight excluding hydrogens is 273 g/mol. The summed E-state index contributed by atoms with van der Waals surface area (Å²) in [7, 11) is 0. The van der Waals surface area contributed by atoms with E-state index < -0.39 is 17.8 Å². The van der Waals surface area contributed by atoms with Crippen molar-refractivity contribution < 1.29 is 19.0 Å². The lowest BCUT2D eigenvalue weighted by molar-refractivity contribution is -0.00843. The summed E-state index contributed by atoms with van der Waals surface area (Å²) < 4.78 is 18.5. The van der Waals surface area contributed by atoms with Gasteiger partial charge in [-0.1, -0.05) is 12.1 Å². The third kappa shape index (κ3) is 4.17. The van der Waals surface area contributed by atoms with E-state index in [2.05, 4.69) is 0 Å². The van der Waals surface area contributed by atoms with Crippen molar-refractivity contribution in [3.8, 4) is 0 Å². The Balaban J connectivity index is 2.21. The minimum Gasteiger partial charge on any atom is -0.444 e. The molecule has 0 aliphatic carbocycles. The fourth-order valence-electron chi connectivity index (χ4n) is 2.49. The minimum atomic E-state index is -0.569. The molecule has 116 valence electrons. The summed E-state index contributed by atoms with van der Waals surface area (Å²) in [5.41, 5.74) is 0.238. The van der Waals surface area contributed by atoms with Crippen LogP contribution in [0.3, 0.4) is 0 Å². The number of hydrogen-bond donors (Lipinski definition) is 1. The Morgan fingerprint density at radius 2 is 1.95 bits per heavy atom. The predicted molar refractivity (Wildman–Crippen MR) is 77.3 cm³/mol. The van der Waals surface area contributed by atoms with Gasteiger partial charge >= 0.3 is 6.09 Å². The van der Waals surface area contributed by atoms with Crippen molar-refractivity contribution in [1.29, 1.82) is 0 Å². The monoisotopic (exact) mass is 295 g/mol. The summed E-state index contributed by atoms with van der Waals surface area (Å²) in [6.07, 6.45) is 0.101. The van der Waals surface area contributed by atoms with E-state index in [1.807, 2.05) is 20.8 Å². The van der Waals surface area contributed by atoms with E-state index in [1.165, 1.54) is 12.1 Å². The van der Waals surface area contributed by atoms with E-state index in [1.54, 1.807) is 17.0 Å². The van der Waals surface area contributed by atoms with Crippen LogP contribution in [-0.2, 0) is 4.74 Å². The molecule has 21 heavy (non-hydrogen) atoms. The van der Waals surface area contributed by atoms with Crippen LogP contribution in [0.4, 0.5) is 9.18 Å². The molecule has 0 spiro atoms. The molecule has 1 aliphatic heterocycles. The summed E-state index contributed by atoms with van der Waals surface area (Å²) >= 11 is 0. The smallest absolute Gasteiger partial charge is 0.410 e. The number of benzene rings is 1. The molecule has 2 unspecified atom stereocenters. The third-order valence-corrected chi connectivity index (χ3v) is 3.46. The van der Waals surface area contributed by atoms with Gasteiger partial charge in [0.25, 0.3) is 0 Å². The number of piperidine rings is 1. The van der Waals surface area contributed by atoms with Crippen LogP contribution in [0.1, 0.15) is 45.2 Å². The van der Waals surface area contributed by atoms with Gasteiger partial charge in [-0.15, -0.1) is 0 Å². The Kier molecular flexibility index (Phi) is 4.52. The SMILES string of the molecule is CC(C)(C)OC(=O)N1CCC(O)CC1c1ccc(F)cc1. The molecule has 0 aromatic heterocycles. The van der Waals surface area contributed by atoms with Gasteiger partial charge in [0, 0.05) is 6.54 Å². The van der Waals surface area contributed by atoms with Crippen molar-refractivity contribution in [2.24, 2.45) is 0 Å². The highest BCUT2D eigenvalue weighted by Gasteiger charge is 2.34. The summed E-state index contributed by atoms with van der Waals surface area (Å²) in [4.78, 5) is 13.9. The molecule has 1 heterocycles. The summed E-state index contributed by atoms with van der Waals surface area (Å²) in [5, 5.41) is 9.87. The molecule has 1 aliphatic rings. The first-order chi connectivity index (χ1) is 9.76. The van der Waals surface area contributed by atoms with E-state index in [4.69, 9.17) is 4.74 Å². The zero-order chi connectivity index (χ0) is 15.6. The highest BCUT2D eigenvalue weighted by atomic mass is 19.1. The van der Waals surface area contributed by atoms with Crippen LogP contribution >= 0.6 is 0 Å². The first kappa shape index (κ1) is 15.8. The second-order valence-electron chi connectivity index (χ2n) is 6.42. The highest BCUT2D eigenvalue weighted by Crippen LogP contribution is 2.32. The third-order valence-electron chi connectivity index (χ3n) is 3.46. The average Bonchev–Trinajstić information content (AvgIpc) is 2.37. The number of carbonyl (C=O) groups is 1. The molecule has 0 saturated carbocycles. The van der Waals surface area contributed by atoms with E-state index in [0.717, 1.165) is 5.56 Å². The number of likely N-dealkylation sites (tertiary alicyclic amines) is 1. The fraction of sp³-hybridized carbons (Fsp3) is 0.562. The zero-order valence-corrected chi connectivity index (χ0v) is 12.7. The maximum Gasteiger partial charge on any atom is 0.410 e. The number of halogens is 1. The molecule has 1 amide bonds. The van der Waals surface area contributed by atoms with Gasteiger partial charge in [-0.2, -0.15) is 0 Å². The summed E-state index contributed by atoms with van der Waals surface area (Å²) in [5.74, 6) is -0.320. The van der Waals surface area contributed by atoms with Crippen molar-refractivity contribution >= 4 is 6.09 Å². The number of hydrogen-bond acceptors (Lipinski definition) is 3. The number of aliphatic hydroxyl groups excluding tert-OH is 1. The first-order valence-electron chi connectivity index (χ1n) is 7.19. The lowest BCUT2D eigenvalue weighted by Crippen LogP contribution is -2.44. The van der Waals surface area contributed by atoms with Gasteiger partial charge < -0.3 is 14.7 Å². The molecule has 2 rings (SSSR count). The molecule has 2 atom stereocenters. The van der Waals surface area contributed by atoms with Crippen molar-refractivity contribution in [3.05, 3.63) is 35.6 Å². The maximum absolute atomic E-state index is 13.1. The molecule has 1 aromatic carbocycles. The van der Waals surface area contributed by atoms with Gasteiger partial charge in [-0.05, 0) is 51.3 Å². The molecular formula is C16H22FNO3. The summed E-state index contributed by atoms with van der Waals surface area (Å²) in [6, 6.07) is 5.74. The lowest BCUT2D eigenvalue weighted by Gasteiger charge is -2.38. The van der Waals surface area contributed by atoms with Gasteiger partial charge in [0.15, 0.2) is 0 Å². The van der Waals surface area contributed by atoms with Crippen LogP contribution in [0.25, 0.3) is 0 Å². The number of ether oxygens (including phenoxy) is 1. The Morgan fingerprint density at radius 3 is 2.52 bits per heavy atom. The van der Waals surface area contributed by atoms with E-state index in [-0.39, 0.29) is 11.9 Å². The van der Waals surface area contributed by atoms with Crippen LogP contribution < -0.4 is 0 Å². The Bertz CT molecular complexity index is 495. The standard InChI is InChI=1S/C16H22FNO3/c1-16(2,3)21-15(20)18-9-8-13(19)10-14(18)11-4-6-12(17)7-5-11/h4-7,13-14,19H,8-10H2,1-3H3. The topological polar surface area (TPSA) is 49.8 Å². The Labute approximate surface area is 124 Å². The number of rotatable bonds is 1. The van der Waals surface area contributed by atoms with E-state index in [9.17, 15) is 14.3 Å². The second-order valence-corrected chi connectivity index (χ2v) is 6.42. The Hall–Kier alpha value is -1.62. The number of carbonyl (C=O) groups excluding carboxylic acids is 1. The molecule has 1 aromatic rings. The molecule has 1 fully saturated rings. The number of nitrogens with zero attached hydrogens (tertiary/aromatic N) is 1. The molecule has 0 bridgehead atoms. The minimum absolute atomic E-state index is 0.288. The zero-order valence-electron chi connectivity index (χ0n) is 12.7. The second kappa shape index (κ2) is 6.02. The van der Waals surface area contributed by atoms with Crippen LogP contribution in [0.2, 0.25) is 0 Å². The molecule has 1 saturated heterocycles. The quantitative estimate of drug-likeness (QED) is 0.865. The Morgan fingerprint density at radius 1 is 1.33 bits per heavy atom. The molecule has 1 N–H and O–H groups in total. The van der Waals surface area contributed by atoms with Gasteiger partial charge in [0.2, 0.25) is 0 Å². The van der Waals surface area contributed by atoms with Gasteiger partial charge in [-0.3, -0.25) is 0 Å². The van der Waals surface area contributed by atoms with Crippen molar-refractivity contribution in [2.75, 3.05) is 6.54 Å². The number of aliphatic hydroxyl groups is 1. The molecule has 0 radical (unpaired) electrons. The van der Waals surface area contributed by atoms with E-state index in [0.29, 0.717) is 19.4 Å².